The van der Waals surface area contributed by atoms with Crippen molar-refractivity contribution in [2.24, 2.45) is 0 Å². The topological polar surface area (TPSA) is 33.5 Å². The van der Waals surface area contributed by atoms with Crippen LogP contribution in [0.3, 0.4) is 0 Å². The SMILES string of the molecule is CC(C)c1cccc(C(C)C)c1-c1ccc2c(c1)N(c1[c-]c(Oc3[c-]c4c(cc3)c3ccccc3n4-c3cc(C(C)(C)c4ccccc4)ccn3)cc(C(C)(C)C)c1)[CH-]N2c1cc(C(C)(C)C)cc(C(C)(C)c2ccccc2)c1.[Pt]. The van der Waals surface area contributed by atoms with Gasteiger partial charge in [-0.05, 0) is 121 Å². The minimum absolute atomic E-state index is 0. The Morgan fingerprint density at radius 3 is 1.71 bits per heavy atom. The fraction of sp³-hybridized carbons (Fsp3) is 0.270. The summed E-state index contributed by atoms with van der Waals surface area (Å²) in [4.78, 5) is 9.75. The Kier molecular flexibility index (Phi) is 15.0. The van der Waals surface area contributed by atoms with E-state index in [9.17, 15) is 0 Å². The monoisotopic (exact) mass is 1230 g/mol. The maximum absolute atomic E-state index is 7.07. The molecule has 0 amide bonds. The maximum Gasteiger partial charge on any atom is 0.135 e. The molecule has 0 aliphatic carbocycles. The average Bonchev–Trinajstić information content (AvgIpc) is 4.20. The number of aromatic nitrogens is 2. The Balaban J connectivity index is 0.00000720. The molecule has 0 atom stereocenters. The first-order valence-corrected chi connectivity index (χ1v) is 28.2. The summed E-state index contributed by atoms with van der Waals surface area (Å²) in [5.41, 5.74) is 17.9. The smallest absolute Gasteiger partial charge is 0.135 e. The number of anilines is 4. The third-order valence-corrected chi connectivity index (χ3v) is 16.6. The third kappa shape index (κ3) is 10.4. The number of benzene rings is 8. The van der Waals surface area contributed by atoms with Gasteiger partial charge in [-0.2, -0.15) is 6.07 Å². The molecule has 3 heterocycles. The second-order valence-electron chi connectivity index (χ2n) is 25.5. The molecular weight excluding hydrogens is 1160 g/mol. The Labute approximate surface area is 491 Å². The van der Waals surface area contributed by atoms with E-state index < -0.39 is 0 Å². The van der Waals surface area contributed by atoms with Crippen molar-refractivity contribution in [2.45, 2.75) is 130 Å². The van der Waals surface area contributed by atoms with Gasteiger partial charge in [-0.25, -0.2) is 4.98 Å². The van der Waals surface area contributed by atoms with Gasteiger partial charge in [0.25, 0.3) is 0 Å². The van der Waals surface area contributed by atoms with Gasteiger partial charge in [0.15, 0.2) is 0 Å². The number of ether oxygens (including phenoxy) is 1. The molecule has 10 aromatic rings. The Morgan fingerprint density at radius 2 is 1.07 bits per heavy atom. The van der Waals surface area contributed by atoms with Gasteiger partial charge in [0.1, 0.15) is 5.82 Å². The molecule has 2 aromatic heterocycles. The van der Waals surface area contributed by atoms with Crippen LogP contribution < -0.4 is 14.5 Å². The van der Waals surface area contributed by atoms with Crippen molar-refractivity contribution >= 4 is 44.6 Å². The molecule has 8 aromatic carbocycles. The van der Waals surface area contributed by atoms with Crippen LogP contribution in [-0.2, 0) is 42.7 Å². The van der Waals surface area contributed by atoms with Crippen LogP contribution in [0.5, 0.6) is 11.5 Å². The minimum Gasteiger partial charge on any atom is -0.509 e. The van der Waals surface area contributed by atoms with Crippen LogP contribution in [0.15, 0.2) is 182 Å². The summed E-state index contributed by atoms with van der Waals surface area (Å²) >= 11 is 0. The number of nitrogens with zero attached hydrogens (tertiary/aromatic N) is 4. The molecule has 0 fully saturated rings. The zero-order valence-corrected chi connectivity index (χ0v) is 51.3. The second kappa shape index (κ2) is 21.4. The van der Waals surface area contributed by atoms with Crippen LogP contribution in [0.2, 0.25) is 0 Å². The summed E-state index contributed by atoms with van der Waals surface area (Å²) < 4.78 is 9.30. The third-order valence-electron chi connectivity index (χ3n) is 16.6. The standard InChI is InChI=1S/C74H75N4O.Pt/c1-48(2)61-29-23-30-62(49(3)4)70(61)50-32-35-66-68(38-50)77(47-76(66)57-40-54(71(5,6)7)39-56(42-57)74(13,14)52-26-19-16-20-27-52)58-41-55(72(8,9)10)43-60(45-58)79-59-33-34-64-63-28-21-22-31-65(63)78(67(64)46-59)69-44-53(36-37-75-69)73(11,12)51-24-17-15-18-25-51;/h15-44,47-49H,1-14H3;/q-3;. The molecule has 0 N–H and O–H groups in total. The van der Waals surface area contributed by atoms with Crippen molar-refractivity contribution in [2.75, 3.05) is 9.80 Å². The fourth-order valence-electron chi connectivity index (χ4n) is 11.6. The quantitative estimate of drug-likeness (QED) is 0.114. The van der Waals surface area contributed by atoms with Crippen molar-refractivity contribution < 1.29 is 25.8 Å². The molecule has 6 heteroatoms. The van der Waals surface area contributed by atoms with Crippen LogP contribution in [-0.4, -0.2) is 9.55 Å². The summed E-state index contributed by atoms with van der Waals surface area (Å²) in [6.45, 7) is 34.5. The van der Waals surface area contributed by atoms with Crippen LogP contribution in [0, 0.1) is 18.8 Å². The van der Waals surface area contributed by atoms with E-state index in [2.05, 4.69) is 300 Å². The first kappa shape index (κ1) is 56.1. The van der Waals surface area contributed by atoms with E-state index in [1.54, 1.807) is 0 Å². The predicted molar refractivity (Wildman–Crippen MR) is 332 cm³/mol. The molecule has 5 nitrogen and oxygen atoms in total. The number of pyridine rings is 1. The molecule has 0 saturated carbocycles. The van der Waals surface area contributed by atoms with Crippen molar-refractivity contribution in [3.63, 3.8) is 0 Å². The van der Waals surface area contributed by atoms with Gasteiger partial charge in [0.2, 0.25) is 0 Å². The summed E-state index contributed by atoms with van der Waals surface area (Å²) in [7, 11) is 0. The summed E-state index contributed by atoms with van der Waals surface area (Å²) in [6, 6.07) is 71.9. The van der Waals surface area contributed by atoms with Crippen LogP contribution in [0.4, 0.5) is 22.7 Å². The van der Waals surface area contributed by atoms with Gasteiger partial charge in [0, 0.05) is 72.2 Å². The van der Waals surface area contributed by atoms with Crippen LogP contribution >= 0.6 is 0 Å². The molecule has 0 bridgehead atoms. The average molecular weight is 1230 g/mol. The molecule has 1 aliphatic heterocycles. The molecule has 80 heavy (non-hydrogen) atoms. The number of hydrogen-bond donors (Lipinski definition) is 0. The van der Waals surface area contributed by atoms with E-state index >= 15 is 0 Å². The van der Waals surface area contributed by atoms with Gasteiger partial charge in [0.05, 0.1) is 0 Å². The van der Waals surface area contributed by atoms with Gasteiger partial charge in [-0.1, -0.05) is 212 Å². The Morgan fingerprint density at radius 1 is 0.475 bits per heavy atom. The van der Waals surface area contributed by atoms with E-state index in [0.29, 0.717) is 23.3 Å². The Bertz CT molecular complexity index is 3860. The van der Waals surface area contributed by atoms with Gasteiger partial charge >= 0.3 is 0 Å². The number of fused-ring (bicyclic) bond motifs is 4. The van der Waals surface area contributed by atoms with E-state index in [1.807, 2.05) is 12.3 Å². The summed E-state index contributed by atoms with van der Waals surface area (Å²) in [5, 5.41) is 2.21. The molecular formula is C74H75N4OPt-3. The molecule has 0 unspecified atom stereocenters. The van der Waals surface area contributed by atoms with Gasteiger partial charge < -0.3 is 19.1 Å². The van der Waals surface area contributed by atoms with E-state index in [4.69, 9.17) is 9.72 Å². The fourth-order valence-corrected chi connectivity index (χ4v) is 11.6. The van der Waals surface area contributed by atoms with Crippen molar-refractivity contribution in [1.82, 2.24) is 9.55 Å². The van der Waals surface area contributed by atoms with E-state index in [1.165, 1.54) is 50.1 Å². The normalized spacial score (nSPS) is 13.2. The van der Waals surface area contributed by atoms with Gasteiger partial charge in [-0.15, -0.1) is 53.6 Å². The minimum atomic E-state index is -0.257. The molecule has 0 spiro atoms. The largest absolute Gasteiger partial charge is 0.509 e. The molecule has 0 saturated heterocycles. The summed E-state index contributed by atoms with van der Waals surface area (Å²) in [6.07, 6.45) is 1.93. The number of para-hydroxylation sites is 1. The molecule has 0 radical (unpaired) electrons. The molecule has 1 aliphatic rings. The summed E-state index contributed by atoms with van der Waals surface area (Å²) in [5.74, 6) is 2.73. The first-order chi connectivity index (χ1) is 37.6. The number of rotatable bonds is 12. The van der Waals surface area contributed by atoms with Crippen LogP contribution in [0.1, 0.15) is 153 Å². The molecule has 410 valence electrons. The van der Waals surface area contributed by atoms with Crippen molar-refractivity contribution in [3.8, 4) is 28.4 Å². The van der Waals surface area contributed by atoms with Crippen molar-refractivity contribution in [1.29, 1.82) is 0 Å². The Hall–Kier alpha value is -7.20. The maximum atomic E-state index is 7.07. The van der Waals surface area contributed by atoms with E-state index in [-0.39, 0.29) is 42.7 Å². The zero-order chi connectivity index (χ0) is 55.8. The van der Waals surface area contributed by atoms with Gasteiger partial charge in [-0.3, -0.25) is 0 Å². The van der Waals surface area contributed by atoms with Crippen LogP contribution in [0.25, 0.3) is 38.8 Å². The zero-order valence-electron chi connectivity index (χ0n) is 49.1. The number of hydrogen-bond acceptors (Lipinski definition) is 4. The first-order valence-electron chi connectivity index (χ1n) is 28.2. The second-order valence-corrected chi connectivity index (χ2v) is 25.5. The van der Waals surface area contributed by atoms with Crippen molar-refractivity contribution in [3.05, 3.63) is 245 Å². The van der Waals surface area contributed by atoms with E-state index in [0.717, 1.165) is 55.9 Å². The molecule has 11 rings (SSSR count). The predicted octanol–water partition coefficient (Wildman–Crippen LogP) is 20.1.